The van der Waals surface area contributed by atoms with Gasteiger partial charge < -0.3 is 4.74 Å². The summed E-state index contributed by atoms with van der Waals surface area (Å²) in [5.74, 6) is -0.368. The van der Waals surface area contributed by atoms with Crippen molar-refractivity contribution in [3.05, 3.63) is 22.4 Å². The number of thiazole rings is 1. The number of nitrogens with zero attached hydrogens (tertiary/aromatic N) is 1. The van der Waals surface area contributed by atoms with Gasteiger partial charge in [-0.2, -0.15) is 0 Å². The second-order valence-electron chi connectivity index (χ2n) is 4.85. The van der Waals surface area contributed by atoms with E-state index < -0.39 is 11.7 Å². The van der Waals surface area contributed by atoms with Crippen molar-refractivity contribution in [3.8, 4) is 0 Å². The molecule has 2 aromatic rings. The van der Waals surface area contributed by atoms with Gasteiger partial charge in [0.2, 0.25) is 0 Å². The molecule has 0 spiro atoms. The Hall–Kier alpha value is -1.21. The monoisotopic (exact) mass is 346 g/mol. The van der Waals surface area contributed by atoms with Gasteiger partial charge in [-0.3, -0.25) is 5.32 Å². The number of nitrogens with one attached hydrogen (secondary N) is 1. The maximum absolute atomic E-state index is 13.6. The van der Waals surface area contributed by atoms with Crippen molar-refractivity contribution < 1.29 is 13.9 Å². The van der Waals surface area contributed by atoms with Crippen LogP contribution in [0.2, 0.25) is 0 Å². The molecule has 1 heterocycles. The molecule has 0 unspecified atom stereocenters. The van der Waals surface area contributed by atoms with Crippen LogP contribution in [-0.2, 0) is 4.74 Å². The molecule has 7 heteroatoms. The third kappa shape index (κ3) is 3.42. The Bertz CT molecular complexity index is 597. The third-order valence-electron chi connectivity index (χ3n) is 2.05. The zero-order valence-electron chi connectivity index (χ0n) is 10.6. The van der Waals surface area contributed by atoms with Crippen LogP contribution in [0, 0.1) is 5.82 Å². The average Bonchev–Trinajstić information content (AvgIpc) is 2.65. The van der Waals surface area contributed by atoms with Crippen molar-refractivity contribution in [2.45, 2.75) is 26.4 Å². The van der Waals surface area contributed by atoms with Crippen LogP contribution in [0.3, 0.4) is 0 Å². The number of aromatic nitrogens is 1. The highest BCUT2D eigenvalue weighted by Gasteiger charge is 2.18. The first-order valence-electron chi connectivity index (χ1n) is 5.51. The van der Waals surface area contributed by atoms with Crippen molar-refractivity contribution in [2.75, 3.05) is 5.32 Å². The van der Waals surface area contributed by atoms with E-state index in [9.17, 15) is 9.18 Å². The number of hydrogen-bond acceptors (Lipinski definition) is 4. The van der Waals surface area contributed by atoms with Crippen LogP contribution in [0.4, 0.5) is 14.3 Å². The molecule has 1 N–H and O–H groups in total. The van der Waals surface area contributed by atoms with Crippen LogP contribution in [0.1, 0.15) is 20.8 Å². The first-order chi connectivity index (χ1) is 8.76. The number of amides is 1. The van der Waals surface area contributed by atoms with E-state index in [4.69, 9.17) is 4.74 Å². The fourth-order valence-electron chi connectivity index (χ4n) is 1.39. The van der Waals surface area contributed by atoms with E-state index in [1.165, 1.54) is 6.07 Å². The Kier molecular flexibility index (Phi) is 3.78. The van der Waals surface area contributed by atoms with Gasteiger partial charge in [0.15, 0.2) is 5.13 Å². The van der Waals surface area contributed by atoms with Gasteiger partial charge in [0.25, 0.3) is 0 Å². The molecule has 0 fully saturated rings. The summed E-state index contributed by atoms with van der Waals surface area (Å²) in [6.07, 6.45) is -0.608. The summed E-state index contributed by atoms with van der Waals surface area (Å²) in [5.41, 5.74) is -0.108. The fraction of sp³-hybridized carbons (Fsp3) is 0.333. The van der Waals surface area contributed by atoms with Crippen molar-refractivity contribution in [1.82, 2.24) is 4.98 Å². The van der Waals surface area contributed by atoms with Gasteiger partial charge in [0.05, 0.1) is 4.70 Å². The van der Waals surface area contributed by atoms with E-state index in [-0.39, 0.29) is 5.82 Å². The van der Waals surface area contributed by atoms with Gasteiger partial charge >= 0.3 is 6.09 Å². The lowest BCUT2D eigenvalue weighted by atomic mass is 10.2. The second-order valence-corrected chi connectivity index (χ2v) is 6.71. The minimum Gasteiger partial charge on any atom is -0.444 e. The van der Waals surface area contributed by atoms with E-state index >= 15 is 0 Å². The number of hydrogen-bond donors (Lipinski definition) is 1. The first-order valence-corrected chi connectivity index (χ1v) is 7.12. The predicted octanol–water partition coefficient (Wildman–Crippen LogP) is 4.54. The molecule has 0 bridgehead atoms. The number of rotatable bonds is 1. The summed E-state index contributed by atoms with van der Waals surface area (Å²) in [5, 5.41) is 2.80. The Morgan fingerprint density at radius 3 is 2.74 bits per heavy atom. The second kappa shape index (κ2) is 5.05. The van der Waals surface area contributed by atoms with Crippen LogP contribution in [0.15, 0.2) is 16.6 Å². The molecular formula is C12H12BrFN2O2S. The van der Waals surface area contributed by atoms with Crippen LogP contribution in [0.5, 0.6) is 0 Å². The van der Waals surface area contributed by atoms with E-state index in [2.05, 4.69) is 26.2 Å². The van der Waals surface area contributed by atoms with Crippen LogP contribution < -0.4 is 5.32 Å². The molecule has 0 atom stereocenters. The lowest BCUT2D eigenvalue weighted by Crippen LogP contribution is -2.27. The lowest BCUT2D eigenvalue weighted by molar-refractivity contribution is 0.0636. The first kappa shape index (κ1) is 14.2. The number of fused-ring (bicyclic) bond motifs is 1. The summed E-state index contributed by atoms with van der Waals surface area (Å²) in [6, 6.07) is 2.93. The SMILES string of the molecule is CC(C)(C)OC(=O)Nc1nc2c(Br)ccc(F)c2s1. The highest BCUT2D eigenvalue weighted by atomic mass is 79.9. The van der Waals surface area contributed by atoms with E-state index in [1.807, 2.05) is 0 Å². The molecule has 1 aromatic heterocycles. The van der Waals surface area contributed by atoms with Gasteiger partial charge in [0.1, 0.15) is 16.9 Å². The standard InChI is InChI=1S/C12H12BrFN2O2S/c1-12(2,3)18-11(17)16-10-15-8-6(13)4-5-7(14)9(8)19-10/h4-5H,1-3H3,(H,15,16,17). The molecule has 0 saturated heterocycles. The highest BCUT2D eigenvalue weighted by molar-refractivity contribution is 9.10. The number of carbonyl (C=O) groups excluding carboxylic acids is 1. The molecule has 102 valence electrons. The Labute approximate surface area is 122 Å². The van der Waals surface area contributed by atoms with E-state index in [0.29, 0.717) is 19.8 Å². The molecule has 1 aromatic carbocycles. The number of halogens is 2. The molecule has 0 aliphatic heterocycles. The van der Waals surface area contributed by atoms with Crippen molar-refractivity contribution in [3.63, 3.8) is 0 Å². The van der Waals surface area contributed by atoms with Gasteiger partial charge in [-0.25, -0.2) is 14.2 Å². The molecule has 1 amide bonds. The highest BCUT2D eigenvalue weighted by Crippen LogP contribution is 2.33. The average molecular weight is 347 g/mol. The lowest BCUT2D eigenvalue weighted by Gasteiger charge is -2.18. The van der Waals surface area contributed by atoms with Gasteiger partial charge in [-0.05, 0) is 48.8 Å². The topological polar surface area (TPSA) is 51.2 Å². The van der Waals surface area contributed by atoms with Gasteiger partial charge in [-0.15, -0.1) is 0 Å². The normalized spacial score (nSPS) is 11.6. The molecule has 2 rings (SSSR count). The van der Waals surface area contributed by atoms with Crippen LogP contribution in [-0.4, -0.2) is 16.7 Å². The fourth-order valence-corrected chi connectivity index (χ4v) is 2.82. The van der Waals surface area contributed by atoms with Crippen molar-refractivity contribution in [2.24, 2.45) is 0 Å². The maximum Gasteiger partial charge on any atom is 0.413 e. The minimum atomic E-state index is -0.608. The van der Waals surface area contributed by atoms with Gasteiger partial charge in [0, 0.05) is 4.47 Å². The van der Waals surface area contributed by atoms with E-state index in [1.54, 1.807) is 26.8 Å². The molecule has 4 nitrogen and oxygen atoms in total. The smallest absolute Gasteiger partial charge is 0.413 e. The predicted molar refractivity (Wildman–Crippen MR) is 77.1 cm³/mol. The Balaban J connectivity index is 2.25. The number of benzene rings is 1. The number of anilines is 1. The number of ether oxygens (including phenoxy) is 1. The third-order valence-corrected chi connectivity index (χ3v) is 3.67. The molecular weight excluding hydrogens is 335 g/mol. The summed E-state index contributed by atoms with van der Waals surface area (Å²) in [7, 11) is 0. The molecule has 19 heavy (non-hydrogen) atoms. The molecule has 0 radical (unpaired) electrons. The van der Waals surface area contributed by atoms with E-state index in [0.717, 1.165) is 11.3 Å². The van der Waals surface area contributed by atoms with Crippen LogP contribution >= 0.6 is 27.3 Å². The zero-order chi connectivity index (χ0) is 14.2. The molecule has 0 aliphatic rings. The summed E-state index contributed by atoms with van der Waals surface area (Å²) >= 11 is 4.36. The van der Waals surface area contributed by atoms with Gasteiger partial charge in [-0.1, -0.05) is 11.3 Å². The zero-order valence-corrected chi connectivity index (χ0v) is 13.0. The largest absolute Gasteiger partial charge is 0.444 e. The van der Waals surface area contributed by atoms with Crippen LogP contribution in [0.25, 0.3) is 10.2 Å². The Morgan fingerprint density at radius 1 is 1.47 bits per heavy atom. The number of carbonyl (C=O) groups is 1. The quantitative estimate of drug-likeness (QED) is 0.824. The molecule has 0 saturated carbocycles. The Morgan fingerprint density at radius 2 is 2.16 bits per heavy atom. The summed E-state index contributed by atoms with van der Waals surface area (Å²) < 4.78 is 19.8. The summed E-state index contributed by atoms with van der Waals surface area (Å²) in [6.45, 7) is 5.30. The maximum atomic E-state index is 13.6. The van der Waals surface area contributed by atoms with Crippen molar-refractivity contribution >= 4 is 48.7 Å². The molecule has 0 aliphatic carbocycles. The minimum absolute atomic E-state index is 0.301. The summed E-state index contributed by atoms with van der Waals surface area (Å²) in [4.78, 5) is 15.8. The van der Waals surface area contributed by atoms with Crippen molar-refractivity contribution in [1.29, 1.82) is 0 Å².